The second-order valence-electron chi connectivity index (χ2n) is 20.2. The van der Waals surface area contributed by atoms with Gasteiger partial charge >= 0.3 is 0 Å². The summed E-state index contributed by atoms with van der Waals surface area (Å²) in [7, 11) is 0. The number of rotatable bonds is 12. The van der Waals surface area contributed by atoms with Crippen molar-refractivity contribution in [1.82, 2.24) is 29.7 Å². The first-order chi connectivity index (χ1) is 40.3. The first-order valence-electron chi connectivity index (χ1n) is 27.2. The van der Waals surface area contributed by atoms with Crippen LogP contribution in [0.25, 0.3) is 0 Å². The number of para-hydroxylation sites is 1. The fourth-order valence-corrected chi connectivity index (χ4v) is 9.72. The first-order valence-corrected chi connectivity index (χ1v) is 27.2. The molecule has 9 aromatic rings. The van der Waals surface area contributed by atoms with Gasteiger partial charge in [0.05, 0.1) is 0 Å². The third-order valence-corrected chi connectivity index (χ3v) is 14.2. The molecule has 3 amide bonds. The largest absolute Gasteiger partial charge is 0.489 e. The van der Waals surface area contributed by atoms with E-state index >= 15 is 0 Å². The molecular weight excluding hydrogens is 1060 g/mol. The molecular formula is C67H58F4N6O6. The number of benzene rings is 6. The first kappa shape index (κ1) is 56.6. The van der Waals surface area contributed by atoms with Crippen molar-refractivity contribution >= 4 is 17.7 Å². The molecule has 0 saturated carbocycles. The van der Waals surface area contributed by atoms with E-state index in [9.17, 15) is 31.9 Å². The van der Waals surface area contributed by atoms with Crippen LogP contribution in [0.5, 0.6) is 17.2 Å². The zero-order valence-electron chi connectivity index (χ0n) is 45.5. The minimum absolute atomic E-state index is 0.0404. The average Bonchev–Trinajstić information content (AvgIpc) is 3.72. The Hall–Kier alpha value is -9.70. The molecule has 3 aliphatic rings. The van der Waals surface area contributed by atoms with E-state index in [1.54, 1.807) is 46.5 Å². The van der Waals surface area contributed by atoms with Gasteiger partial charge in [0.2, 0.25) is 0 Å². The van der Waals surface area contributed by atoms with Crippen molar-refractivity contribution in [3.63, 3.8) is 0 Å². The van der Waals surface area contributed by atoms with Crippen molar-refractivity contribution in [2.24, 2.45) is 0 Å². The third kappa shape index (κ3) is 15.2. The number of ether oxygens (including phenoxy) is 3. The number of aryl methyl sites for hydroxylation is 1. The Morgan fingerprint density at radius 1 is 0.398 bits per heavy atom. The minimum Gasteiger partial charge on any atom is -0.489 e. The van der Waals surface area contributed by atoms with Crippen LogP contribution in [0.2, 0.25) is 0 Å². The Bertz CT molecular complexity index is 3710. The highest BCUT2D eigenvalue weighted by atomic mass is 19.1. The summed E-state index contributed by atoms with van der Waals surface area (Å²) < 4.78 is 69.5. The van der Waals surface area contributed by atoms with E-state index in [2.05, 4.69) is 21.0 Å². The number of halogens is 4. The van der Waals surface area contributed by atoms with Crippen LogP contribution in [0, 0.1) is 30.2 Å². The Morgan fingerprint density at radius 3 is 1.14 bits per heavy atom. The van der Waals surface area contributed by atoms with Crippen LogP contribution in [-0.4, -0.2) is 67.0 Å². The quantitative estimate of drug-likeness (QED) is 0.110. The van der Waals surface area contributed by atoms with Crippen molar-refractivity contribution in [3.05, 3.63) is 284 Å². The molecule has 0 unspecified atom stereocenters. The highest BCUT2D eigenvalue weighted by molar-refractivity contribution is 5.95. The monoisotopic (exact) mass is 1120 g/mol. The summed E-state index contributed by atoms with van der Waals surface area (Å²) in [5.41, 5.74) is 11.6. The molecule has 12 rings (SSSR count). The molecule has 0 saturated heterocycles. The van der Waals surface area contributed by atoms with Gasteiger partial charge in [0, 0.05) is 134 Å². The SMILES string of the molecule is Cc1ccc(C(=O)N2CCc3ncc(COc4ccc(F)cc4)cc3C2)cc1.O=C(c1ccc(F)cc1)N1CCc2ncc(COc3cccc(F)c3)cc2C1.O=C(c1ccc(F)cc1)N1CCc2ncc(COc3ccccc3)cc2C1. The maximum Gasteiger partial charge on any atom is 0.254 e. The van der Waals surface area contributed by atoms with Crippen LogP contribution in [0.4, 0.5) is 17.6 Å². The fraction of sp³-hybridized carbons (Fsp3) is 0.194. The van der Waals surface area contributed by atoms with Gasteiger partial charge < -0.3 is 28.9 Å². The summed E-state index contributed by atoms with van der Waals surface area (Å²) in [4.78, 5) is 57.1. The van der Waals surface area contributed by atoms with Crippen LogP contribution in [0.15, 0.2) is 188 Å². The molecule has 83 heavy (non-hydrogen) atoms. The van der Waals surface area contributed by atoms with Crippen LogP contribution < -0.4 is 14.2 Å². The van der Waals surface area contributed by atoms with Crippen molar-refractivity contribution in [2.45, 2.75) is 65.6 Å². The molecule has 0 spiro atoms. The van der Waals surface area contributed by atoms with Crippen molar-refractivity contribution in [2.75, 3.05) is 19.6 Å². The summed E-state index contributed by atoms with van der Waals surface area (Å²) >= 11 is 0. The number of hydrogen-bond donors (Lipinski definition) is 0. The van der Waals surface area contributed by atoms with Gasteiger partial charge in [-0.3, -0.25) is 29.3 Å². The predicted octanol–water partition coefficient (Wildman–Crippen LogP) is 12.4. The van der Waals surface area contributed by atoms with E-state index in [1.165, 1.54) is 72.8 Å². The zero-order chi connectivity index (χ0) is 57.7. The van der Waals surface area contributed by atoms with E-state index in [1.807, 2.05) is 84.8 Å². The van der Waals surface area contributed by atoms with Crippen LogP contribution in [0.1, 0.15) is 87.1 Å². The Labute approximate surface area is 478 Å². The molecule has 0 radical (unpaired) electrons. The number of aromatic nitrogens is 3. The maximum absolute atomic E-state index is 13.2. The lowest BCUT2D eigenvalue weighted by atomic mass is 10.0. The molecule has 0 N–H and O–H groups in total. The zero-order valence-corrected chi connectivity index (χ0v) is 45.5. The van der Waals surface area contributed by atoms with Crippen LogP contribution in [-0.2, 0) is 58.7 Å². The highest BCUT2D eigenvalue weighted by Crippen LogP contribution is 2.26. The number of hydrogen-bond acceptors (Lipinski definition) is 9. The van der Waals surface area contributed by atoms with E-state index < -0.39 is 0 Å². The molecule has 3 aromatic heterocycles. The van der Waals surface area contributed by atoms with Gasteiger partial charge in [-0.1, -0.05) is 42.0 Å². The molecule has 12 nitrogen and oxygen atoms in total. The van der Waals surface area contributed by atoms with Gasteiger partial charge in [-0.25, -0.2) is 17.6 Å². The van der Waals surface area contributed by atoms with Crippen molar-refractivity contribution in [1.29, 1.82) is 0 Å². The summed E-state index contributed by atoms with van der Waals surface area (Å²) in [6.07, 6.45) is 7.50. The molecule has 0 atom stereocenters. The third-order valence-electron chi connectivity index (χ3n) is 14.2. The Morgan fingerprint density at radius 2 is 0.747 bits per heavy atom. The number of pyridine rings is 3. The molecule has 0 fully saturated rings. The summed E-state index contributed by atoms with van der Waals surface area (Å²) in [5, 5.41) is 0. The molecule has 16 heteroatoms. The van der Waals surface area contributed by atoms with E-state index in [4.69, 9.17) is 14.2 Å². The lowest BCUT2D eigenvalue weighted by molar-refractivity contribution is 0.0726. The van der Waals surface area contributed by atoms with Gasteiger partial charge in [0.1, 0.15) is 60.3 Å². The topological polar surface area (TPSA) is 127 Å². The van der Waals surface area contributed by atoms with E-state index in [0.29, 0.717) is 93.5 Å². The molecule has 3 aliphatic heterocycles. The smallest absolute Gasteiger partial charge is 0.254 e. The standard InChI is InChI=1S/C23H21FN2O2.C22H18F2N2O2.C22H19FN2O2/c1-16-2-4-18(5-3-16)23(27)26-11-10-22-19(14-26)12-17(13-25-22)15-28-21-8-6-20(24)7-9-21;23-18-6-4-16(5-7-18)22(27)26-9-8-21-17(13-26)10-15(12-25-21)14-28-20-3-1-2-19(24)11-20;23-19-8-6-17(7-9-19)22(26)25-11-10-21-18(14-25)12-16(13-24-21)15-27-20-4-2-1-3-5-20/h2-9,12-13H,10-11,14-15H2,1H3;1-7,10-12H,8-9,13-14H2;1-9,12-13H,10-11,14-15H2. The lowest BCUT2D eigenvalue weighted by Gasteiger charge is -2.28. The molecule has 6 aromatic carbocycles. The van der Waals surface area contributed by atoms with Gasteiger partial charge in [-0.2, -0.15) is 0 Å². The number of fused-ring (bicyclic) bond motifs is 3. The lowest BCUT2D eigenvalue weighted by Crippen LogP contribution is -2.36. The Kier molecular flexibility index (Phi) is 18.2. The maximum atomic E-state index is 13.2. The van der Waals surface area contributed by atoms with Gasteiger partial charge in [-0.15, -0.1) is 0 Å². The molecule has 0 aliphatic carbocycles. The van der Waals surface area contributed by atoms with Crippen molar-refractivity contribution < 1.29 is 46.2 Å². The molecule has 420 valence electrons. The van der Waals surface area contributed by atoms with Gasteiger partial charge in [0.25, 0.3) is 17.7 Å². The van der Waals surface area contributed by atoms with Crippen LogP contribution >= 0.6 is 0 Å². The number of nitrogens with zero attached hydrogens (tertiary/aromatic N) is 6. The summed E-state index contributed by atoms with van der Waals surface area (Å²) in [6, 6.07) is 46.5. The fourth-order valence-electron chi connectivity index (χ4n) is 9.72. The summed E-state index contributed by atoms with van der Waals surface area (Å²) in [5.74, 6) is 0.328. The second-order valence-corrected chi connectivity index (χ2v) is 20.2. The summed E-state index contributed by atoms with van der Waals surface area (Å²) in [6.45, 7) is 6.35. The number of carbonyl (C=O) groups excluding carboxylic acids is 3. The van der Waals surface area contributed by atoms with E-state index in [-0.39, 0.29) is 47.6 Å². The number of carbonyl (C=O) groups is 3. The van der Waals surface area contributed by atoms with Gasteiger partial charge in [0.15, 0.2) is 0 Å². The average molecular weight is 1120 g/mol. The van der Waals surface area contributed by atoms with E-state index in [0.717, 1.165) is 68.2 Å². The van der Waals surface area contributed by atoms with Crippen LogP contribution in [0.3, 0.4) is 0 Å². The molecule has 0 bridgehead atoms. The second kappa shape index (κ2) is 26.7. The number of amides is 3. The normalized spacial score (nSPS) is 13.1. The Balaban J connectivity index is 0.000000139. The molecule has 6 heterocycles. The predicted molar refractivity (Wildman–Crippen MR) is 304 cm³/mol. The highest BCUT2D eigenvalue weighted by Gasteiger charge is 2.26. The minimum atomic E-state index is -0.368. The van der Waals surface area contributed by atoms with Gasteiger partial charge in [-0.05, 0) is 151 Å². The van der Waals surface area contributed by atoms with Crippen molar-refractivity contribution in [3.8, 4) is 17.2 Å².